The van der Waals surface area contributed by atoms with Gasteiger partial charge in [-0.1, -0.05) is 57.2 Å². The Balaban J connectivity index is 1.63. The van der Waals surface area contributed by atoms with Crippen molar-refractivity contribution >= 4 is 0 Å². The summed E-state index contributed by atoms with van der Waals surface area (Å²) in [5.74, 6) is 1.67. The third-order valence-electron chi connectivity index (χ3n) is 7.21. The van der Waals surface area contributed by atoms with Gasteiger partial charge in [-0.15, -0.1) is 0 Å². The molecule has 0 aliphatic heterocycles. The monoisotopic (exact) mass is 416 g/mol. The van der Waals surface area contributed by atoms with Gasteiger partial charge in [0.1, 0.15) is 11.6 Å². The highest BCUT2D eigenvalue weighted by molar-refractivity contribution is 5.43. The van der Waals surface area contributed by atoms with Crippen LogP contribution in [0.25, 0.3) is 0 Å². The summed E-state index contributed by atoms with van der Waals surface area (Å²) in [6.45, 7) is 12.9. The molecule has 31 heavy (non-hydrogen) atoms. The molecule has 0 saturated heterocycles. The fraction of sp³-hybridized carbons (Fsp3) is 0.429. The minimum Gasteiger partial charge on any atom is -0.240 e. The summed E-state index contributed by atoms with van der Waals surface area (Å²) < 4.78 is 14.6. The number of aryl methyl sites for hydroxylation is 1. The van der Waals surface area contributed by atoms with E-state index in [1.165, 1.54) is 24.0 Å². The maximum Gasteiger partial charge on any atom is 0.138 e. The average Bonchev–Trinajstić information content (AvgIpc) is 3.59. The first-order valence-electron chi connectivity index (χ1n) is 11.3. The van der Waals surface area contributed by atoms with E-state index < -0.39 is 0 Å². The van der Waals surface area contributed by atoms with E-state index in [0.29, 0.717) is 5.92 Å². The van der Waals surface area contributed by atoms with Crippen LogP contribution in [-0.4, -0.2) is 9.97 Å². The molecular weight excluding hydrogens is 383 g/mol. The summed E-state index contributed by atoms with van der Waals surface area (Å²) in [7, 11) is 0. The molecule has 1 aliphatic rings. The lowest BCUT2D eigenvalue weighted by Crippen LogP contribution is -2.23. The zero-order valence-corrected chi connectivity index (χ0v) is 19.5. The van der Waals surface area contributed by atoms with Gasteiger partial charge in [-0.25, -0.2) is 14.4 Å². The molecule has 3 heteroatoms. The molecule has 0 amide bonds. The van der Waals surface area contributed by atoms with E-state index in [9.17, 15) is 4.39 Å². The topological polar surface area (TPSA) is 25.8 Å². The largest absolute Gasteiger partial charge is 0.240 e. The first kappa shape index (κ1) is 21.7. The quantitative estimate of drug-likeness (QED) is 0.429. The van der Waals surface area contributed by atoms with Crippen LogP contribution < -0.4 is 0 Å². The van der Waals surface area contributed by atoms with Crippen LogP contribution in [0.1, 0.15) is 87.0 Å². The average molecular weight is 417 g/mol. The van der Waals surface area contributed by atoms with Gasteiger partial charge < -0.3 is 0 Å². The normalized spacial score (nSPS) is 15.7. The second-order valence-corrected chi connectivity index (χ2v) is 10.3. The Morgan fingerprint density at radius 3 is 1.90 bits per heavy atom. The Kier molecular flexibility index (Phi) is 5.49. The highest BCUT2D eigenvalue weighted by Gasteiger charge is 2.32. The summed E-state index contributed by atoms with van der Waals surface area (Å²) in [5.41, 5.74) is 4.99. The molecule has 1 unspecified atom stereocenters. The Bertz CT molecular complexity index is 1060. The second-order valence-electron chi connectivity index (χ2n) is 10.3. The summed E-state index contributed by atoms with van der Waals surface area (Å²) in [4.78, 5) is 9.10. The molecule has 0 radical (unpaired) electrons. The van der Waals surface area contributed by atoms with Crippen LogP contribution in [-0.2, 0) is 10.8 Å². The van der Waals surface area contributed by atoms with Crippen LogP contribution in [0.5, 0.6) is 0 Å². The number of nitrogens with zero attached hydrogens (tertiary/aromatic N) is 2. The van der Waals surface area contributed by atoms with Gasteiger partial charge >= 0.3 is 0 Å². The van der Waals surface area contributed by atoms with E-state index in [2.05, 4.69) is 74.9 Å². The van der Waals surface area contributed by atoms with Crippen molar-refractivity contribution in [3.63, 3.8) is 0 Å². The molecule has 162 valence electrons. The number of rotatable bonds is 6. The van der Waals surface area contributed by atoms with Crippen molar-refractivity contribution in [2.75, 3.05) is 0 Å². The van der Waals surface area contributed by atoms with Gasteiger partial charge in [0.15, 0.2) is 0 Å². The predicted octanol–water partition coefficient (Wildman–Crippen LogP) is 7.09. The van der Waals surface area contributed by atoms with Gasteiger partial charge in [0.05, 0.1) is 0 Å². The smallest absolute Gasteiger partial charge is 0.138 e. The molecule has 1 aromatic heterocycles. The maximum absolute atomic E-state index is 14.6. The SMILES string of the molecule is Cc1cnc(C(C)(C)c2ccc(C(C)(C)c3ccc(F)c(C(C)C4CC4)c3)cc2)nc1. The minimum atomic E-state index is -0.279. The molecule has 1 heterocycles. The van der Waals surface area contributed by atoms with E-state index in [1.807, 2.05) is 25.4 Å². The second kappa shape index (κ2) is 7.85. The molecule has 2 aromatic carbocycles. The van der Waals surface area contributed by atoms with E-state index in [1.54, 1.807) is 6.07 Å². The number of halogens is 1. The zero-order valence-electron chi connectivity index (χ0n) is 19.5. The Labute approximate surface area is 186 Å². The van der Waals surface area contributed by atoms with Crippen LogP contribution >= 0.6 is 0 Å². The van der Waals surface area contributed by atoms with Gasteiger partial charge in [-0.3, -0.25) is 0 Å². The Morgan fingerprint density at radius 2 is 1.35 bits per heavy atom. The van der Waals surface area contributed by atoms with Gasteiger partial charge in [-0.2, -0.15) is 0 Å². The highest BCUT2D eigenvalue weighted by atomic mass is 19.1. The van der Waals surface area contributed by atoms with Crippen LogP contribution in [0.15, 0.2) is 54.9 Å². The van der Waals surface area contributed by atoms with Gasteiger partial charge in [0, 0.05) is 23.2 Å². The van der Waals surface area contributed by atoms with Crippen LogP contribution in [0.4, 0.5) is 4.39 Å². The zero-order chi connectivity index (χ0) is 22.4. The fourth-order valence-corrected chi connectivity index (χ4v) is 4.45. The molecule has 4 rings (SSSR count). The van der Waals surface area contributed by atoms with Gasteiger partial charge in [0.25, 0.3) is 0 Å². The molecule has 1 atom stereocenters. The van der Waals surface area contributed by atoms with Crippen LogP contribution in [0.2, 0.25) is 0 Å². The van der Waals surface area contributed by atoms with Crippen molar-refractivity contribution in [3.05, 3.63) is 94.3 Å². The lowest BCUT2D eigenvalue weighted by molar-refractivity contribution is 0.558. The van der Waals surface area contributed by atoms with E-state index >= 15 is 0 Å². The molecule has 0 bridgehead atoms. The number of benzene rings is 2. The first-order valence-corrected chi connectivity index (χ1v) is 11.3. The number of aromatic nitrogens is 2. The summed E-state index contributed by atoms with van der Waals surface area (Å²) in [6, 6.07) is 14.4. The molecule has 2 nitrogen and oxygen atoms in total. The highest BCUT2D eigenvalue weighted by Crippen LogP contribution is 2.44. The molecule has 0 spiro atoms. The van der Waals surface area contributed by atoms with Crippen molar-refractivity contribution < 1.29 is 4.39 Å². The van der Waals surface area contributed by atoms with Crippen molar-refractivity contribution in [3.8, 4) is 0 Å². The van der Waals surface area contributed by atoms with Crippen molar-refractivity contribution in [1.29, 1.82) is 0 Å². The van der Waals surface area contributed by atoms with Gasteiger partial charge in [-0.05, 0) is 79.3 Å². The van der Waals surface area contributed by atoms with E-state index in [0.717, 1.165) is 22.5 Å². The summed E-state index contributed by atoms with van der Waals surface area (Å²) >= 11 is 0. The number of hydrogen-bond acceptors (Lipinski definition) is 2. The van der Waals surface area contributed by atoms with Crippen LogP contribution in [0.3, 0.4) is 0 Å². The Morgan fingerprint density at radius 1 is 0.839 bits per heavy atom. The first-order chi connectivity index (χ1) is 14.6. The molecule has 1 saturated carbocycles. The van der Waals surface area contributed by atoms with Crippen LogP contribution in [0, 0.1) is 18.7 Å². The van der Waals surface area contributed by atoms with Crippen molar-refractivity contribution in [2.24, 2.45) is 5.92 Å². The fourth-order valence-electron chi connectivity index (χ4n) is 4.45. The Hall–Kier alpha value is -2.55. The third kappa shape index (κ3) is 4.15. The lowest BCUT2D eigenvalue weighted by Gasteiger charge is -2.29. The van der Waals surface area contributed by atoms with Crippen molar-refractivity contribution in [1.82, 2.24) is 9.97 Å². The summed E-state index contributed by atoms with van der Waals surface area (Å²) in [5, 5.41) is 0. The lowest BCUT2D eigenvalue weighted by atomic mass is 9.75. The maximum atomic E-state index is 14.6. The summed E-state index contributed by atoms with van der Waals surface area (Å²) in [6.07, 6.45) is 6.18. The van der Waals surface area contributed by atoms with Gasteiger partial charge in [0.2, 0.25) is 0 Å². The third-order valence-corrected chi connectivity index (χ3v) is 7.21. The predicted molar refractivity (Wildman–Crippen MR) is 125 cm³/mol. The molecule has 1 aliphatic carbocycles. The van der Waals surface area contributed by atoms with E-state index in [4.69, 9.17) is 0 Å². The molecule has 0 N–H and O–H groups in total. The number of hydrogen-bond donors (Lipinski definition) is 0. The molecule has 1 fully saturated rings. The molecule has 3 aromatic rings. The van der Waals surface area contributed by atoms with Crippen molar-refractivity contribution in [2.45, 2.75) is 71.1 Å². The molecular formula is C28H33FN2. The van der Waals surface area contributed by atoms with E-state index in [-0.39, 0.29) is 22.6 Å². The standard InChI is InChI=1S/C28H33FN2/c1-18-16-30-26(31-17-18)28(5,6)22-11-9-21(10-12-22)27(3,4)23-13-14-25(29)24(15-23)19(2)20-7-8-20/h9-17,19-20H,7-8H2,1-6H3. The minimum absolute atomic E-state index is 0.0749.